The summed E-state index contributed by atoms with van der Waals surface area (Å²) in [6.45, 7) is 3.40. The zero-order valence-electron chi connectivity index (χ0n) is 15.1. The molecule has 2 aromatic rings. The van der Waals surface area contributed by atoms with Gasteiger partial charge in [0.15, 0.2) is 0 Å². The molecule has 0 bridgehead atoms. The number of imide groups is 1. The first-order valence-electron chi connectivity index (χ1n) is 8.94. The van der Waals surface area contributed by atoms with E-state index in [9.17, 15) is 9.59 Å². The van der Waals surface area contributed by atoms with Crippen LogP contribution in [0.5, 0.6) is 5.75 Å². The van der Waals surface area contributed by atoms with Crippen molar-refractivity contribution in [1.82, 2.24) is 9.80 Å². The molecule has 2 aromatic carbocycles. The Labute approximate surface area is 153 Å². The molecule has 0 aliphatic carbocycles. The van der Waals surface area contributed by atoms with Crippen LogP contribution in [0.1, 0.15) is 18.1 Å². The number of nitrogens with zero attached hydrogens (tertiary/aromatic N) is 2. The average molecular weight is 350 g/mol. The minimum atomic E-state index is -0.226. The van der Waals surface area contributed by atoms with E-state index in [-0.39, 0.29) is 17.9 Å². The van der Waals surface area contributed by atoms with E-state index in [0.717, 1.165) is 35.5 Å². The van der Waals surface area contributed by atoms with Crippen LogP contribution in [0.4, 0.5) is 4.79 Å². The number of benzene rings is 2. The largest absolute Gasteiger partial charge is 0.493 e. The normalized spacial score (nSPS) is 19.5. The fourth-order valence-corrected chi connectivity index (χ4v) is 3.63. The Morgan fingerprint density at radius 1 is 1.08 bits per heavy atom. The SMILES string of the molecule is CC1CN(C)C(=O)N(Cc2ccc(-c3ccc4c(c3)CCO4)cc2)C1=O. The van der Waals surface area contributed by atoms with Crippen molar-refractivity contribution < 1.29 is 14.3 Å². The Balaban J connectivity index is 1.53. The molecule has 3 amide bonds. The molecule has 0 spiro atoms. The van der Waals surface area contributed by atoms with Crippen molar-refractivity contribution in [2.24, 2.45) is 5.92 Å². The van der Waals surface area contributed by atoms with Gasteiger partial charge in [-0.3, -0.25) is 9.69 Å². The number of hydrogen-bond acceptors (Lipinski definition) is 3. The molecule has 1 unspecified atom stereocenters. The van der Waals surface area contributed by atoms with E-state index in [0.29, 0.717) is 13.1 Å². The van der Waals surface area contributed by atoms with Crippen LogP contribution in [0.25, 0.3) is 11.1 Å². The van der Waals surface area contributed by atoms with Crippen LogP contribution in [0.3, 0.4) is 0 Å². The molecule has 1 fully saturated rings. The number of rotatable bonds is 3. The summed E-state index contributed by atoms with van der Waals surface area (Å²) in [5, 5.41) is 0. The van der Waals surface area contributed by atoms with Gasteiger partial charge in [0, 0.05) is 20.0 Å². The van der Waals surface area contributed by atoms with Crippen LogP contribution < -0.4 is 4.74 Å². The molecule has 1 atom stereocenters. The number of carbonyl (C=O) groups excluding carboxylic acids is 2. The molecule has 2 aliphatic heterocycles. The first-order chi connectivity index (χ1) is 12.5. The van der Waals surface area contributed by atoms with Crippen molar-refractivity contribution in [3.63, 3.8) is 0 Å². The van der Waals surface area contributed by atoms with Crippen molar-refractivity contribution in [1.29, 1.82) is 0 Å². The fraction of sp³-hybridized carbons (Fsp3) is 0.333. The van der Waals surface area contributed by atoms with Crippen molar-refractivity contribution in [2.45, 2.75) is 19.9 Å². The summed E-state index contributed by atoms with van der Waals surface area (Å²) < 4.78 is 5.56. The third-order valence-electron chi connectivity index (χ3n) is 5.11. The van der Waals surface area contributed by atoms with E-state index in [2.05, 4.69) is 12.1 Å². The Morgan fingerprint density at radius 3 is 2.58 bits per heavy atom. The molecular formula is C21H22N2O3. The maximum Gasteiger partial charge on any atom is 0.326 e. The Morgan fingerprint density at radius 2 is 1.81 bits per heavy atom. The maximum atomic E-state index is 12.3. The second-order valence-electron chi connectivity index (χ2n) is 7.11. The van der Waals surface area contributed by atoms with E-state index < -0.39 is 0 Å². The van der Waals surface area contributed by atoms with Crippen LogP contribution in [-0.2, 0) is 17.8 Å². The predicted octanol–water partition coefficient (Wildman–Crippen LogP) is 3.32. The van der Waals surface area contributed by atoms with Crippen LogP contribution in [0.2, 0.25) is 0 Å². The predicted molar refractivity (Wildman–Crippen MR) is 98.8 cm³/mol. The van der Waals surface area contributed by atoms with Crippen molar-refractivity contribution in [3.05, 3.63) is 53.6 Å². The number of ether oxygens (including phenoxy) is 1. The number of amides is 3. The fourth-order valence-electron chi connectivity index (χ4n) is 3.63. The Hall–Kier alpha value is -2.82. The van der Waals surface area contributed by atoms with Gasteiger partial charge in [-0.1, -0.05) is 37.3 Å². The number of fused-ring (bicyclic) bond motifs is 1. The van der Waals surface area contributed by atoms with E-state index in [1.54, 1.807) is 11.9 Å². The second-order valence-corrected chi connectivity index (χ2v) is 7.11. The molecule has 0 N–H and O–H groups in total. The molecule has 1 saturated heterocycles. The van der Waals surface area contributed by atoms with Crippen LogP contribution >= 0.6 is 0 Å². The van der Waals surface area contributed by atoms with Gasteiger partial charge < -0.3 is 9.64 Å². The smallest absolute Gasteiger partial charge is 0.326 e. The zero-order valence-corrected chi connectivity index (χ0v) is 15.1. The summed E-state index contributed by atoms with van der Waals surface area (Å²) in [5.41, 5.74) is 4.46. The van der Waals surface area contributed by atoms with Crippen molar-refractivity contribution in [2.75, 3.05) is 20.2 Å². The molecule has 2 aliphatic rings. The van der Waals surface area contributed by atoms with Crippen molar-refractivity contribution in [3.8, 4) is 16.9 Å². The molecule has 26 heavy (non-hydrogen) atoms. The summed E-state index contributed by atoms with van der Waals surface area (Å²) in [4.78, 5) is 27.6. The Kier molecular flexibility index (Phi) is 4.15. The van der Waals surface area contributed by atoms with Gasteiger partial charge >= 0.3 is 6.03 Å². The molecular weight excluding hydrogens is 328 g/mol. The molecule has 0 saturated carbocycles. The lowest BCUT2D eigenvalue weighted by Crippen LogP contribution is -2.54. The van der Waals surface area contributed by atoms with Gasteiger partial charge in [0.25, 0.3) is 0 Å². The van der Waals surface area contributed by atoms with Gasteiger partial charge in [0.1, 0.15) is 5.75 Å². The van der Waals surface area contributed by atoms with Crippen LogP contribution in [0, 0.1) is 5.92 Å². The molecule has 134 valence electrons. The third-order valence-corrected chi connectivity index (χ3v) is 5.11. The van der Waals surface area contributed by atoms with E-state index >= 15 is 0 Å². The van der Waals surface area contributed by atoms with Crippen LogP contribution in [-0.4, -0.2) is 41.9 Å². The lowest BCUT2D eigenvalue weighted by molar-refractivity contribution is -0.135. The molecule has 2 heterocycles. The Bertz CT molecular complexity index is 840. The highest BCUT2D eigenvalue weighted by atomic mass is 16.5. The minimum absolute atomic E-state index is 0.101. The van der Waals surface area contributed by atoms with Gasteiger partial charge in [0.05, 0.1) is 19.1 Å². The molecule has 0 radical (unpaired) electrons. The van der Waals surface area contributed by atoms with E-state index in [1.165, 1.54) is 10.5 Å². The van der Waals surface area contributed by atoms with Gasteiger partial charge in [-0.2, -0.15) is 0 Å². The van der Waals surface area contributed by atoms with E-state index in [1.807, 2.05) is 37.3 Å². The molecule has 0 aromatic heterocycles. The highest BCUT2D eigenvalue weighted by molar-refractivity contribution is 5.97. The summed E-state index contributed by atoms with van der Waals surface area (Å²) >= 11 is 0. The lowest BCUT2D eigenvalue weighted by atomic mass is 10.0. The molecule has 5 nitrogen and oxygen atoms in total. The maximum absolute atomic E-state index is 12.3. The topological polar surface area (TPSA) is 49.9 Å². The number of hydrogen-bond donors (Lipinski definition) is 0. The third kappa shape index (κ3) is 2.94. The van der Waals surface area contributed by atoms with Crippen LogP contribution in [0.15, 0.2) is 42.5 Å². The summed E-state index contributed by atoms with van der Waals surface area (Å²) in [6, 6.07) is 14.1. The quantitative estimate of drug-likeness (QED) is 0.853. The lowest BCUT2D eigenvalue weighted by Gasteiger charge is -2.35. The highest BCUT2D eigenvalue weighted by Crippen LogP contribution is 2.30. The molecule has 5 heteroatoms. The second kappa shape index (κ2) is 6.48. The summed E-state index contributed by atoms with van der Waals surface area (Å²) in [7, 11) is 1.74. The van der Waals surface area contributed by atoms with Gasteiger partial charge in [0.2, 0.25) is 5.91 Å². The van der Waals surface area contributed by atoms with E-state index in [4.69, 9.17) is 4.74 Å². The minimum Gasteiger partial charge on any atom is -0.493 e. The van der Waals surface area contributed by atoms with Crippen molar-refractivity contribution >= 4 is 11.9 Å². The standard InChI is InChI=1S/C21H22N2O3/c1-14-12-22(2)21(25)23(20(14)24)13-15-3-5-16(6-4-15)17-7-8-19-18(11-17)9-10-26-19/h3-8,11,14H,9-10,12-13H2,1-2H3. The monoisotopic (exact) mass is 350 g/mol. The average Bonchev–Trinajstić information content (AvgIpc) is 3.12. The number of carbonyl (C=O) groups is 2. The zero-order chi connectivity index (χ0) is 18.3. The first-order valence-corrected chi connectivity index (χ1v) is 8.94. The first kappa shape index (κ1) is 16.6. The summed E-state index contributed by atoms with van der Waals surface area (Å²) in [6.07, 6.45) is 0.951. The molecule has 4 rings (SSSR count). The van der Waals surface area contributed by atoms with Gasteiger partial charge in [-0.25, -0.2) is 4.79 Å². The van der Waals surface area contributed by atoms with Gasteiger partial charge in [-0.15, -0.1) is 0 Å². The van der Waals surface area contributed by atoms with Gasteiger partial charge in [-0.05, 0) is 34.4 Å². The highest BCUT2D eigenvalue weighted by Gasteiger charge is 2.34. The summed E-state index contributed by atoms with van der Waals surface area (Å²) in [5.74, 6) is 0.715. The number of urea groups is 1.